The number of aliphatic hydroxyl groups excluding tert-OH is 1. The molecule has 2 amide bonds. The molecule has 3 aliphatic heterocycles. The van der Waals surface area contributed by atoms with E-state index in [0.717, 1.165) is 32.1 Å². The van der Waals surface area contributed by atoms with Gasteiger partial charge in [0.1, 0.15) is 0 Å². The van der Waals surface area contributed by atoms with Crippen LogP contribution in [-0.2, 0) is 9.59 Å². The number of hydrogen-bond acceptors (Lipinski definition) is 4. The van der Waals surface area contributed by atoms with Gasteiger partial charge in [0, 0.05) is 67.2 Å². The van der Waals surface area contributed by atoms with Gasteiger partial charge in [0.15, 0.2) is 0 Å². The van der Waals surface area contributed by atoms with Gasteiger partial charge in [-0.05, 0) is 32.1 Å². The number of rotatable bonds is 3. The number of aromatic nitrogens is 2. The van der Waals surface area contributed by atoms with Crippen LogP contribution in [0.15, 0.2) is 36.8 Å². The molecular weight excluding hydrogens is 404 g/mol. The summed E-state index contributed by atoms with van der Waals surface area (Å²) in [5, 5.41) is 11.4. The number of carbonyl (C=O) groups excluding carboxylic acids is 2. The lowest BCUT2D eigenvalue weighted by Gasteiger charge is -2.58. The Kier molecular flexibility index (Phi) is 4.79. The second kappa shape index (κ2) is 7.58. The molecule has 2 unspecified atom stereocenters. The summed E-state index contributed by atoms with van der Waals surface area (Å²) in [5.74, 6) is 1.13. The standard InChI is InChI=1S/C25H32N4O3/c30-21-7-3-4-10-28(21)15-22(31)27-11-8-25(9-12-27)13-19(24(25)32)23-18-6-2-1-5-17(18)20-14-26-16-29(20)23/h1-2,5-6,14,16-19,23-24,32H,3-4,7-13,15H2/t17?,18?,19-,23+,24+/m0/s1. The Hall–Kier alpha value is -2.41. The fraction of sp³-hybridized carbons (Fsp3) is 0.640. The number of amides is 2. The molecule has 5 aliphatic rings. The topological polar surface area (TPSA) is 78.7 Å². The van der Waals surface area contributed by atoms with Gasteiger partial charge in [0.2, 0.25) is 11.8 Å². The molecule has 5 atom stereocenters. The van der Waals surface area contributed by atoms with Crippen molar-refractivity contribution < 1.29 is 14.7 Å². The number of piperidine rings is 2. The zero-order valence-corrected chi connectivity index (χ0v) is 18.5. The Morgan fingerprint density at radius 3 is 2.75 bits per heavy atom. The average molecular weight is 437 g/mol. The van der Waals surface area contributed by atoms with Gasteiger partial charge in [-0.1, -0.05) is 24.3 Å². The molecule has 6 rings (SSSR count). The van der Waals surface area contributed by atoms with Crippen LogP contribution in [0.1, 0.15) is 56.2 Å². The van der Waals surface area contributed by atoms with Crippen LogP contribution in [0.2, 0.25) is 0 Å². The first-order valence-corrected chi connectivity index (χ1v) is 12.2. The van der Waals surface area contributed by atoms with Crippen LogP contribution in [0.25, 0.3) is 0 Å². The number of allylic oxidation sites excluding steroid dienone is 4. The average Bonchev–Trinajstić information content (AvgIpc) is 3.40. The molecule has 1 aromatic rings. The number of hydrogen-bond donors (Lipinski definition) is 1. The first-order chi connectivity index (χ1) is 15.6. The summed E-state index contributed by atoms with van der Waals surface area (Å²) in [6.07, 6.45) is 17.5. The van der Waals surface area contributed by atoms with Crippen LogP contribution in [-0.4, -0.2) is 68.6 Å². The highest BCUT2D eigenvalue weighted by Crippen LogP contribution is 2.61. The van der Waals surface area contributed by atoms with Gasteiger partial charge in [-0.15, -0.1) is 0 Å². The quantitative estimate of drug-likeness (QED) is 0.789. The van der Waals surface area contributed by atoms with E-state index in [9.17, 15) is 14.7 Å². The summed E-state index contributed by atoms with van der Waals surface area (Å²) in [4.78, 5) is 32.9. The number of carbonyl (C=O) groups is 2. The number of imidazole rings is 1. The molecule has 7 heteroatoms. The highest BCUT2D eigenvalue weighted by Gasteiger charge is 2.59. The molecule has 0 radical (unpaired) electrons. The predicted molar refractivity (Wildman–Crippen MR) is 119 cm³/mol. The van der Waals surface area contributed by atoms with Gasteiger partial charge in [0.25, 0.3) is 0 Å². The number of aliphatic hydroxyl groups is 1. The van der Waals surface area contributed by atoms with Crippen molar-refractivity contribution >= 4 is 11.8 Å². The summed E-state index contributed by atoms with van der Waals surface area (Å²) < 4.78 is 2.30. The molecule has 0 bridgehead atoms. The van der Waals surface area contributed by atoms with Crippen molar-refractivity contribution in [2.75, 3.05) is 26.2 Å². The highest BCUT2D eigenvalue weighted by atomic mass is 16.3. The maximum Gasteiger partial charge on any atom is 0.242 e. The Bertz CT molecular complexity index is 974. The van der Waals surface area contributed by atoms with Crippen molar-refractivity contribution in [2.24, 2.45) is 17.3 Å². The van der Waals surface area contributed by atoms with E-state index in [2.05, 4.69) is 33.9 Å². The second-order valence-electron chi connectivity index (χ2n) is 10.4. The molecule has 1 saturated carbocycles. The van der Waals surface area contributed by atoms with Crippen molar-refractivity contribution in [3.05, 3.63) is 42.5 Å². The third-order valence-electron chi connectivity index (χ3n) is 8.90. The van der Waals surface area contributed by atoms with E-state index < -0.39 is 0 Å². The van der Waals surface area contributed by atoms with Crippen molar-refractivity contribution in [3.8, 4) is 0 Å². The van der Waals surface area contributed by atoms with Gasteiger partial charge < -0.3 is 19.5 Å². The van der Waals surface area contributed by atoms with Crippen LogP contribution in [0.5, 0.6) is 0 Å². The van der Waals surface area contributed by atoms with Crippen molar-refractivity contribution in [3.63, 3.8) is 0 Å². The van der Waals surface area contributed by atoms with Gasteiger partial charge in [-0.25, -0.2) is 4.98 Å². The minimum absolute atomic E-state index is 0.0567. The lowest BCUT2D eigenvalue weighted by atomic mass is 9.52. The zero-order valence-electron chi connectivity index (χ0n) is 18.5. The van der Waals surface area contributed by atoms with E-state index >= 15 is 0 Å². The summed E-state index contributed by atoms with van der Waals surface area (Å²) in [6, 6.07) is 0.254. The molecule has 0 aromatic carbocycles. The molecule has 2 aliphatic carbocycles. The lowest BCUT2D eigenvalue weighted by Crippen LogP contribution is -2.60. The monoisotopic (exact) mass is 436 g/mol. The van der Waals surface area contributed by atoms with E-state index in [0.29, 0.717) is 37.9 Å². The molecule has 4 heterocycles. The lowest BCUT2D eigenvalue weighted by molar-refractivity contribution is -0.170. The minimum atomic E-state index is -0.346. The largest absolute Gasteiger partial charge is 0.392 e. The summed E-state index contributed by atoms with van der Waals surface area (Å²) in [7, 11) is 0. The summed E-state index contributed by atoms with van der Waals surface area (Å²) in [6.45, 7) is 2.28. The van der Waals surface area contributed by atoms with E-state index in [1.807, 2.05) is 17.4 Å². The first kappa shape index (κ1) is 20.2. The van der Waals surface area contributed by atoms with Crippen LogP contribution in [0, 0.1) is 17.3 Å². The van der Waals surface area contributed by atoms with E-state index in [1.54, 1.807) is 4.90 Å². The van der Waals surface area contributed by atoms with E-state index in [1.165, 1.54) is 5.69 Å². The van der Waals surface area contributed by atoms with Crippen molar-refractivity contribution in [1.82, 2.24) is 19.4 Å². The zero-order chi connectivity index (χ0) is 21.9. The molecule has 1 N–H and O–H groups in total. The molecular formula is C25H32N4O3. The SMILES string of the molecule is O=C(CN1CCCCC1=O)N1CCC2(CC1)C[C@@H]([C@H]1C3C=CC=CC3c3cncn31)[C@H]2O. The van der Waals surface area contributed by atoms with E-state index in [4.69, 9.17) is 0 Å². The van der Waals surface area contributed by atoms with Crippen molar-refractivity contribution in [1.29, 1.82) is 0 Å². The number of likely N-dealkylation sites (tertiary alicyclic amines) is 2. The first-order valence-electron chi connectivity index (χ1n) is 12.2. The molecule has 1 aromatic heterocycles. The Balaban J connectivity index is 1.09. The van der Waals surface area contributed by atoms with Crippen LogP contribution in [0.4, 0.5) is 0 Å². The normalized spacial score (nSPS) is 35.0. The van der Waals surface area contributed by atoms with Gasteiger partial charge in [-0.3, -0.25) is 9.59 Å². The summed E-state index contributed by atoms with van der Waals surface area (Å²) >= 11 is 0. The molecule has 1 spiro atoms. The van der Waals surface area contributed by atoms with Crippen molar-refractivity contribution in [2.45, 2.75) is 56.6 Å². The molecule has 32 heavy (non-hydrogen) atoms. The van der Waals surface area contributed by atoms with E-state index in [-0.39, 0.29) is 41.8 Å². The predicted octanol–water partition coefficient (Wildman–Crippen LogP) is 2.27. The maximum atomic E-state index is 12.8. The number of nitrogens with zero attached hydrogens (tertiary/aromatic N) is 4. The molecule has 7 nitrogen and oxygen atoms in total. The third-order valence-corrected chi connectivity index (χ3v) is 8.90. The number of fused-ring (bicyclic) bond motifs is 3. The Labute approximate surface area is 188 Å². The Morgan fingerprint density at radius 2 is 1.97 bits per heavy atom. The molecule has 170 valence electrons. The fourth-order valence-electron chi connectivity index (χ4n) is 7.04. The van der Waals surface area contributed by atoms with Crippen LogP contribution >= 0.6 is 0 Å². The maximum absolute atomic E-state index is 12.8. The smallest absolute Gasteiger partial charge is 0.242 e. The van der Waals surface area contributed by atoms with Gasteiger partial charge >= 0.3 is 0 Å². The molecule has 2 saturated heterocycles. The van der Waals surface area contributed by atoms with Gasteiger partial charge in [-0.2, -0.15) is 0 Å². The highest BCUT2D eigenvalue weighted by molar-refractivity contribution is 5.85. The fourth-order valence-corrected chi connectivity index (χ4v) is 7.04. The summed E-state index contributed by atoms with van der Waals surface area (Å²) in [5.41, 5.74) is 1.18. The third kappa shape index (κ3) is 3.00. The Morgan fingerprint density at radius 1 is 1.16 bits per heavy atom. The van der Waals surface area contributed by atoms with Crippen LogP contribution < -0.4 is 0 Å². The van der Waals surface area contributed by atoms with Crippen LogP contribution in [0.3, 0.4) is 0 Å². The minimum Gasteiger partial charge on any atom is -0.392 e. The second-order valence-corrected chi connectivity index (χ2v) is 10.4. The van der Waals surface area contributed by atoms with Gasteiger partial charge in [0.05, 0.1) is 19.0 Å². The molecule has 3 fully saturated rings.